The molecule has 156 valence electrons. The zero-order valence-electron chi connectivity index (χ0n) is 17.9. The Hall–Kier alpha value is -2.18. The van der Waals surface area contributed by atoms with E-state index in [1.54, 1.807) is 6.07 Å². The molecule has 6 heteroatoms. The zero-order valence-corrected chi connectivity index (χ0v) is 18.7. The lowest BCUT2D eigenvalue weighted by Crippen LogP contribution is -2.44. The first kappa shape index (κ1) is 21.5. The van der Waals surface area contributed by atoms with E-state index in [0.717, 1.165) is 33.5 Å². The summed E-state index contributed by atoms with van der Waals surface area (Å²) in [6, 6.07) is 9.54. The Morgan fingerprint density at radius 3 is 2.28 bits per heavy atom. The summed E-state index contributed by atoms with van der Waals surface area (Å²) in [6.07, 6.45) is 1.36. The molecule has 3 rings (SSSR count). The SMILES string of the molecule is Cc1cc(C)c(NC(=O)[C@@H]2CCCN(S(=O)(=O)c3cc(C)ccc3C)C2)c(C)c1. The van der Waals surface area contributed by atoms with Crippen LogP contribution in [0.2, 0.25) is 0 Å². The van der Waals surface area contributed by atoms with Gasteiger partial charge in [0, 0.05) is 18.8 Å². The third-order valence-electron chi connectivity index (χ3n) is 5.64. The quantitative estimate of drug-likeness (QED) is 0.812. The summed E-state index contributed by atoms with van der Waals surface area (Å²) in [6.45, 7) is 10.3. The molecule has 1 aliphatic rings. The van der Waals surface area contributed by atoms with Crippen LogP contribution in [0.5, 0.6) is 0 Å². The topological polar surface area (TPSA) is 66.5 Å². The molecule has 1 atom stereocenters. The van der Waals surface area contributed by atoms with Crippen molar-refractivity contribution in [3.8, 4) is 0 Å². The maximum atomic E-state index is 13.2. The first-order chi connectivity index (χ1) is 13.6. The molecule has 1 aliphatic heterocycles. The average molecular weight is 415 g/mol. The van der Waals surface area contributed by atoms with E-state index < -0.39 is 10.0 Å². The Labute approximate surface area is 174 Å². The lowest BCUT2D eigenvalue weighted by atomic mass is 9.98. The van der Waals surface area contributed by atoms with Crippen LogP contribution in [0.15, 0.2) is 35.2 Å². The fourth-order valence-electron chi connectivity index (χ4n) is 4.10. The van der Waals surface area contributed by atoms with Crippen LogP contribution in [-0.4, -0.2) is 31.7 Å². The van der Waals surface area contributed by atoms with Crippen LogP contribution in [0.25, 0.3) is 0 Å². The Balaban J connectivity index is 1.80. The summed E-state index contributed by atoms with van der Waals surface area (Å²) in [4.78, 5) is 13.3. The van der Waals surface area contributed by atoms with Crippen molar-refractivity contribution in [1.82, 2.24) is 4.31 Å². The molecular formula is C23H30N2O3S. The first-order valence-corrected chi connectivity index (χ1v) is 11.5. The minimum atomic E-state index is -3.62. The third-order valence-corrected chi connectivity index (χ3v) is 7.65. The molecule has 1 fully saturated rings. The molecule has 0 unspecified atom stereocenters. The lowest BCUT2D eigenvalue weighted by Gasteiger charge is -2.32. The predicted octanol–water partition coefficient (Wildman–Crippen LogP) is 4.27. The molecule has 0 aromatic heterocycles. The summed E-state index contributed by atoms with van der Waals surface area (Å²) >= 11 is 0. The van der Waals surface area contributed by atoms with Crippen molar-refractivity contribution in [2.75, 3.05) is 18.4 Å². The van der Waals surface area contributed by atoms with Gasteiger partial charge in [0.05, 0.1) is 10.8 Å². The molecular weight excluding hydrogens is 384 g/mol. The van der Waals surface area contributed by atoms with Gasteiger partial charge < -0.3 is 5.32 Å². The van der Waals surface area contributed by atoms with Crippen LogP contribution >= 0.6 is 0 Å². The zero-order chi connectivity index (χ0) is 21.3. The Morgan fingerprint density at radius 1 is 0.966 bits per heavy atom. The largest absolute Gasteiger partial charge is 0.325 e. The van der Waals surface area contributed by atoms with Crippen molar-refractivity contribution in [1.29, 1.82) is 0 Å². The molecule has 0 spiro atoms. The highest BCUT2D eigenvalue weighted by atomic mass is 32.2. The monoisotopic (exact) mass is 414 g/mol. The summed E-state index contributed by atoms with van der Waals surface area (Å²) in [5.74, 6) is -0.468. The minimum absolute atomic E-state index is 0.110. The third kappa shape index (κ3) is 4.54. The van der Waals surface area contributed by atoms with Crippen LogP contribution in [0.1, 0.15) is 40.7 Å². The number of piperidine rings is 1. The molecule has 0 aliphatic carbocycles. The standard InChI is InChI=1S/C23H30N2O3S/c1-15-8-9-17(3)21(13-15)29(27,28)25-10-6-7-20(14-25)23(26)24-22-18(4)11-16(2)12-19(22)5/h8-9,11-13,20H,6-7,10,14H2,1-5H3,(H,24,26)/t20-/m1/s1. The number of nitrogens with one attached hydrogen (secondary N) is 1. The fraction of sp³-hybridized carbons (Fsp3) is 0.435. The highest BCUT2D eigenvalue weighted by Gasteiger charge is 2.34. The molecule has 2 aromatic rings. The Bertz CT molecular complexity index is 1020. The summed E-state index contributed by atoms with van der Waals surface area (Å²) in [5, 5.41) is 3.05. The number of hydrogen-bond donors (Lipinski definition) is 1. The van der Waals surface area contributed by atoms with Gasteiger partial charge in [-0.05, 0) is 75.8 Å². The predicted molar refractivity (Wildman–Crippen MR) is 117 cm³/mol. The maximum absolute atomic E-state index is 13.2. The van der Waals surface area contributed by atoms with Gasteiger partial charge in [0.1, 0.15) is 0 Å². The molecule has 0 bridgehead atoms. The van der Waals surface area contributed by atoms with Gasteiger partial charge in [-0.15, -0.1) is 0 Å². The number of sulfonamides is 1. The second-order valence-corrected chi connectivity index (χ2v) is 10.1. The van der Waals surface area contributed by atoms with Gasteiger partial charge >= 0.3 is 0 Å². The van der Waals surface area contributed by atoms with Crippen LogP contribution in [0.4, 0.5) is 5.69 Å². The van der Waals surface area contributed by atoms with Crippen molar-refractivity contribution < 1.29 is 13.2 Å². The normalized spacial score (nSPS) is 17.9. The summed E-state index contributed by atoms with van der Waals surface area (Å²) in [5.41, 5.74) is 5.66. The highest BCUT2D eigenvalue weighted by molar-refractivity contribution is 7.89. The number of anilines is 1. The molecule has 0 saturated carbocycles. The minimum Gasteiger partial charge on any atom is -0.325 e. The van der Waals surface area contributed by atoms with Gasteiger partial charge in [0.15, 0.2) is 0 Å². The van der Waals surface area contributed by atoms with Gasteiger partial charge in [-0.3, -0.25) is 4.79 Å². The van der Waals surface area contributed by atoms with Gasteiger partial charge in [-0.25, -0.2) is 8.42 Å². The maximum Gasteiger partial charge on any atom is 0.243 e. The number of benzene rings is 2. The van der Waals surface area contributed by atoms with E-state index in [9.17, 15) is 13.2 Å². The van der Waals surface area contributed by atoms with Crippen molar-refractivity contribution >= 4 is 21.6 Å². The second kappa shape index (κ2) is 8.28. The number of carbonyl (C=O) groups is 1. The van der Waals surface area contributed by atoms with E-state index >= 15 is 0 Å². The van der Waals surface area contributed by atoms with Gasteiger partial charge in [0.25, 0.3) is 0 Å². The van der Waals surface area contributed by atoms with Gasteiger partial charge in [0.2, 0.25) is 15.9 Å². The van der Waals surface area contributed by atoms with Crippen LogP contribution in [-0.2, 0) is 14.8 Å². The van der Waals surface area contributed by atoms with Crippen LogP contribution < -0.4 is 5.32 Å². The molecule has 0 radical (unpaired) electrons. The van der Waals surface area contributed by atoms with Gasteiger partial charge in [-0.1, -0.05) is 29.8 Å². The average Bonchev–Trinajstić information content (AvgIpc) is 2.66. The van der Waals surface area contributed by atoms with Crippen molar-refractivity contribution in [2.45, 2.75) is 52.4 Å². The number of nitrogens with zero attached hydrogens (tertiary/aromatic N) is 1. The summed E-state index contributed by atoms with van der Waals surface area (Å²) in [7, 11) is -3.62. The second-order valence-electron chi connectivity index (χ2n) is 8.23. The molecule has 1 amide bonds. The van der Waals surface area contributed by atoms with E-state index in [2.05, 4.69) is 5.32 Å². The molecule has 2 aromatic carbocycles. The lowest BCUT2D eigenvalue weighted by molar-refractivity contribution is -0.120. The van der Waals surface area contributed by atoms with Crippen LogP contribution in [0, 0.1) is 40.5 Å². The number of hydrogen-bond acceptors (Lipinski definition) is 3. The van der Waals surface area contributed by atoms with Crippen molar-refractivity contribution in [3.63, 3.8) is 0 Å². The number of rotatable bonds is 4. The number of amides is 1. The molecule has 1 heterocycles. The van der Waals surface area contributed by atoms with E-state index in [1.807, 2.05) is 58.9 Å². The first-order valence-electron chi connectivity index (χ1n) is 10.1. The van der Waals surface area contributed by atoms with E-state index in [0.29, 0.717) is 24.3 Å². The van der Waals surface area contributed by atoms with Crippen molar-refractivity contribution in [3.05, 3.63) is 58.1 Å². The van der Waals surface area contributed by atoms with Gasteiger partial charge in [-0.2, -0.15) is 4.31 Å². The Morgan fingerprint density at radius 2 is 1.62 bits per heavy atom. The summed E-state index contributed by atoms with van der Waals surface area (Å²) < 4.78 is 27.9. The van der Waals surface area contributed by atoms with E-state index in [1.165, 1.54) is 4.31 Å². The van der Waals surface area contributed by atoms with E-state index in [-0.39, 0.29) is 18.4 Å². The molecule has 5 nitrogen and oxygen atoms in total. The molecule has 1 saturated heterocycles. The number of carbonyl (C=O) groups excluding carboxylic acids is 1. The Kier molecular flexibility index (Phi) is 6.15. The molecule has 29 heavy (non-hydrogen) atoms. The van der Waals surface area contributed by atoms with E-state index in [4.69, 9.17) is 0 Å². The fourth-order valence-corrected chi connectivity index (χ4v) is 5.94. The highest BCUT2D eigenvalue weighted by Crippen LogP contribution is 2.28. The van der Waals surface area contributed by atoms with Crippen LogP contribution in [0.3, 0.4) is 0 Å². The smallest absolute Gasteiger partial charge is 0.243 e. The number of aryl methyl sites for hydroxylation is 5. The van der Waals surface area contributed by atoms with Crippen molar-refractivity contribution in [2.24, 2.45) is 5.92 Å². The molecule has 1 N–H and O–H groups in total.